The van der Waals surface area contributed by atoms with Crippen LogP contribution in [0.2, 0.25) is 0 Å². The SMILES string of the molecule is C1=CN=C2c3nccc(-c4ccc5ccc(-c6nc(-c7ccccc7)nc(-c7ccc8ccc(-c9ccnc%10c9ccc9cccnc9%10)cc8c7)n6)cc5c4)c3C=CC2C1. The molecule has 60 heavy (non-hydrogen) atoms. The van der Waals surface area contributed by atoms with Crippen LogP contribution in [0.5, 0.6) is 0 Å². The molecule has 5 heterocycles. The number of benzene rings is 6. The molecular weight excluding hydrogens is 735 g/mol. The molecule has 10 aromatic rings. The highest BCUT2D eigenvalue weighted by Gasteiger charge is 2.25. The zero-order valence-corrected chi connectivity index (χ0v) is 32.2. The van der Waals surface area contributed by atoms with Gasteiger partial charge in [0.2, 0.25) is 0 Å². The Balaban J connectivity index is 0.959. The summed E-state index contributed by atoms with van der Waals surface area (Å²) in [6.45, 7) is 0. The molecule has 1 aliphatic heterocycles. The Morgan fingerprint density at radius 1 is 0.450 bits per heavy atom. The highest BCUT2D eigenvalue weighted by Crippen LogP contribution is 2.37. The van der Waals surface area contributed by atoms with Gasteiger partial charge >= 0.3 is 0 Å². The molecule has 1 aliphatic carbocycles. The van der Waals surface area contributed by atoms with E-state index in [0.717, 1.165) is 106 Å². The molecule has 6 aromatic carbocycles. The Kier molecular flexibility index (Phi) is 7.84. The van der Waals surface area contributed by atoms with Gasteiger partial charge in [-0.3, -0.25) is 19.9 Å². The van der Waals surface area contributed by atoms with E-state index in [1.165, 1.54) is 0 Å². The molecule has 0 N–H and O–H groups in total. The number of hydrogen-bond donors (Lipinski definition) is 0. The molecule has 2 aliphatic rings. The van der Waals surface area contributed by atoms with Gasteiger partial charge in [0.1, 0.15) is 0 Å². The summed E-state index contributed by atoms with van der Waals surface area (Å²) in [5.74, 6) is 2.12. The molecule has 12 rings (SSSR count). The fourth-order valence-corrected chi connectivity index (χ4v) is 8.73. The van der Waals surface area contributed by atoms with Crippen molar-refractivity contribution in [3.8, 4) is 56.4 Å². The lowest BCUT2D eigenvalue weighted by molar-refractivity contribution is 0.855. The van der Waals surface area contributed by atoms with Gasteiger partial charge in [0.05, 0.1) is 22.4 Å². The maximum Gasteiger partial charge on any atom is 0.164 e. The van der Waals surface area contributed by atoms with Crippen LogP contribution in [0.3, 0.4) is 0 Å². The van der Waals surface area contributed by atoms with Gasteiger partial charge in [-0.15, -0.1) is 0 Å². The summed E-state index contributed by atoms with van der Waals surface area (Å²) in [6, 6.07) is 48.7. The highest BCUT2D eigenvalue weighted by atomic mass is 15.0. The maximum atomic E-state index is 5.17. The fraction of sp³-hybridized carbons (Fsp3) is 0.0377. The third kappa shape index (κ3) is 5.78. The minimum atomic E-state index is 0.273. The Morgan fingerprint density at radius 3 is 1.82 bits per heavy atom. The number of pyridine rings is 3. The first-order valence-electron chi connectivity index (χ1n) is 20.1. The lowest BCUT2D eigenvalue weighted by Gasteiger charge is -2.23. The van der Waals surface area contributed by atoms with Gasteiger partial charge < -0.3 is 0 Å². The molecule has 1 unspecified atom stereocenters. The topological polar surface area (TPSA) is 89.7 Å². The van der Waals surface area contributed by atoms with E-state index < -0.39 is 0 Å². The van der Waals surface area contributed by atoms with Gasteiger partial charge in [0.15, 0.2) is 17.5 Å². The summed E-state index contributed by atoms with van der Waals surface area (Å²) in [5, 5.41) is 6.59. The zero-order chi connectivity index (χ0) is 39.6. The van der Waals surface area contributed by atoms with E-state index in [1.807, 2.05) is 61.2 Å². The summed E-state index contributed by atoms with van der Waals surface area (Å²) in [5.41, 5.74) is 12.1. The summed E-state index contributed by atoms with van der Waals surface area (Å²) in [7, 11) is 0. The highest BCUT2D eigenvalue weighted by molar-refractivity contribution is 6.10. The van der Waals surface area contributed by atoms with Crippen molar-refractivity contribution in [1.29, 1.82) is 0 Å². The summed E-state index contributed by atoms with van der Waals surface area (Å²) < 4.78 is 0. The molecular formula is C53H33N7. The Morgan fingerprint density at radius 2 is 1.07 bits per heavy atom. The number of nitrogens with zero attached hydrogens (tertiary/aromatic N) is 7. The molecule has 7 heteroatoms. The quantitative estimate of drug-likeness (QED) is 0.162. The Bertz CT molecular complexity index is 3480. The summed E-state index contributed by atoms with van der Waals surface area (Å²) in [6.07, 6.45) is 15.0. The fourth-order valence-electron chi connectivity index (χ4n) is 8.73. The van der Waals surface area contributed by atoms with Crippen LogP contribution in [0.15, 0.2) is 181 Å². The van der Waals surface area contributed by atoms with Crippen molar-refractivity contribution in [3.05, 3.63) is 188 Å². The molecule has 0 spiro atoms. The molecule has 7 nitrogen and oxygen atoms in total. The predicted octanol–water partition coefficient (Wildman–Crippen LogP) is 12.4. The first kappa shape index (κ1) is 34.0. The predicted molar refractivity (Wildman–Crippen MR) is 243 cm³/mol. The third-order valence-corrected chi connectivity index (χ3v) is 11.8. The van der Waals surface area contributed by atoms with E-state index >= 15 is 0 Å². The van der Waals surface area contributed by atoms with Crippen LogP contribution in [0.4, 0.5) is 0 Å². The molecule has 0 bridgehead atoms. The minimum Gasteiger partial charge on any atom is -0.259 e. The smallest absolute Gasteiger partial charge is 0.164 e. The number of aliphatic imine (C=N–C) groups is 1. The standard InChI is InChI=1S/C53H33N7/c1-2-6-36(7-3-1)51-58-52(39-16-12-32-10-14-37(28-41(32)30-39)43-22-26-56-49-45(43)20-18-34-8-4-24-54-47(34)49)60-53(59-51)40-17-13-33-11-15-38(29-42(33)31-40)44-23-27-57-50-46(44)21-19-35-9-5-25-55-48(35)50/h1-8,10-31,35H,9H2. The van der Waals surface area contributed by atoms with Crippen LogP contribution in [0, 0.1) is 5.92 Å². The van der Waals surface area contributed by atoms with Crippen LogP contribution in [-0.4, -0.2) is 35.6 Å². The van der Waals surface area contributed by atoms with Crippen LogP contribution >= 0.6 is 0 Å². The van der Waals surface area contributed by atoms with Gasteiger partial charge in [0.25, 0.3) is 0 Å². The number of rotatable bonds is 5. The second-order valence-electron chi connectivity index (χ2n) is 15.3. The van der Waals surface area contributed by atoms with E-state index in [2.05, 4.69) is 126 Å². The van der Waals surface area contributed by atoms with Gasteiger partial charge in [-0.05, 0) is 92.7 Å². The molecule has 280 valence electrons. The Labute approximate surface area is 345 Å². The van der Waals surface area contributed by atoms with Crippen molar-refractivity contribution >= 4 is 55.1 Å². The van der Waals surface area contributed by atoms with Crippen molar-refractivity contribution in [3.63, 3.8) is 0 Å². The average molecular weight is 768 g/mol. The first-order valence-corrected chi connectivity index (χ1v) is 20.1. The molecule has 0 saturated carbocycles. The number of hydrogen-bond acceptors (Lipinski definition) is 7. The van der Waals surface area contributed by atoms with E-state index in [-0.39, 0.29) is 5.92 Å². The lowest BCUT2D eigenvalue weighted by atomic mass is 9.84. The van der Waals surface area contributed by atoms with Crippen LogP contribution < -0.4 is 0 Å². The van der Waals surface area contributed by atoms with Crippen molar-refractivity contribution in [2.24, 2.45) is 10.9 Å². The first-order chi connectivity index (χ1) is 29.7. The minimum absolute atomic E-state index is 0.273. The maximum absolute atomic E-state index is 5.17. The van der Waals surface area contributed by atoms with Crippen LogP contribution in [0.25, 0.3) is 106 Å². The number of fused-ring (bicyclic) bond motifs is 8. The number of allylic oxidation sites excluding steroid dienone is 2. The normalized spacial score (nSPS) is 14.4. The summed E-state index contributed by atoms with van der Waals surface area (Å²) in [4.78, 5) is 34.2. The van der Waals surface area contributed by atoms with Crippen molar-refractivity contribution in [2.45, 2.75) is 6.42 Å². The third-order valence-electron chi connectivity index (χ3n) is 11.8. The van der Waals surface area contributed by atoms with Crippen LogP contribution in [0.1, 0.15) is 17.7 Å². The monoisotopic (exact) mass is 767 g/mol. The molecule has 0 saturated heterocycles. The number of aromatic nitrogens is 6. The Hall–Kier alpha value is -8.03. The largest absolute Gasteiger partial charge is 0.259 e. The van der Waals surface area contributed by atoms with Gasteiger partial charge in [0, 0.05) is 63.7 Å². The van der Waals surface area contributed by atoms with Gasteiger partial charge in [-0.25, -0.2) is 15.0 Å². The average Bonchev–Trinajstić information content (AvgIpc) is 3.33. The lowest BCUT2D eigenvalue weighted by Crippen LogP contribution is -2.21. The van der Waals surface area contributed by atoms with Gasteiger partial charge in [-0.2, -0.15) is 0 Å². The molecule has 0 radical (unpaired) electrons. The van der Waals surface area contributed by atoms with Crippen molar-refractivity contribution in [2.75, 3.05) is 0 Å². The zero-order valence-electron chi connectivity index (χ0n) is 32.2. The van der Waals surface area contributed by atoms with Crippen molar-refractivity contribution < 1.29 is 0 Å². The molecule has 0 fully saturated rings. The van der Waals surface area contributed by atoms with Crippen LogP contribution in [-0.2, 0) is 0 Å². The molecule has 1 atom stereocenters. The summed E-state index contributed by atoms with van der Waals surface area (Å²) >= 11 is 0. The molecule has 4 aromatic heterocycles. The van der Waals surface area contributed by atoms with E-state index in [4.69, 9.17) is 29.9 Å². The van der Waals surface area contributed by atoms with E-state index in [1.54, 1.807) is 0 Å². The second kappa shape index (κ2) is 13.8. The van der Waals surface area contributed by atoms with E-state index in [9.17, 15) is 0 Å². The van der Waals surface area contributed by atoms with Crippen molar-refractivity contribution in [1.82, 2.24) is 29.9 Å². The van der Waals surface area contributed by atoms with E-state index in [0.29, 0.717) is 17.5 Å². The van der Waals surface area contributed by atoms with Gasteiger partial charge in [-0.1, -0.05) is 115 Å². The molecule has 0 amide bonds. The second-order valence-corrected chi connectivity index (χ2v) is 15.3.